The van der Waals surface area contributed by atoms with E-state index in [1.807, 2.05) is 39.0 Å². The molecule has 0 aliphatic rings. The van der Waals surface area contributed by atoms with Gasteiger partial charge in [0.1, 0.15) is 0 Å². The van der Waals surface area contributed by atoms with Gasteiger partial charge in [-0.3, -0.25) is 4.79 Å². The first-order valence-electron chi connectivity index (χ1n) is 5.69. The van der Waals surface area contributed by atoms with Crippen molar-refractivity contribution in [2.45, 2.75) is 20.8 Å². The van der Waals surface area contributed by atoms with Crippen LogP contribution in [0.2, 0.25) is 0 Å². The van der Waals surface area contributed by atoms with E-state index in [9.17, 15) is 4.79 Å². The number of hydrogen-bond acceptors (Lipinski definition) is 3. The monoisotopic (exact) mass is 235 g/mol. The van der Waals surface area contributed by atoms with Gasteiger partial charge in [0.15, 0.2) is 0 Å². The van der Waals surface area contributed by atoms with Gasteiger partial charge in [0, 0.05) is 25.0 Å². The number of amides is 1. The molecular formula is C13H21N3O. The molecule has 94 valence electrons. The van der Waals surface area contributed by atoms with Crippen LogP contribution in [0.4, 0.5) is 11.4 Å². The lowest BCUT2D eigenvalue weighted by atomic mass is 9.92. The number of benzene rings is 1. The van der Waals surface area contributed by atoms with Crippen molar-refractivity contribution < 1.29 is 4.79 Å². The zero-order valence-corrected chi connectivity index (χ0v) is 10.9. The maximum Gasteiger partial charge on any atom is 0.227 e. The third kappa shape index (κ3) is 3.37. The van der Waals surface area contributed by atoms with E-state index < -0.39 is 5.41 Å². The fourth-order valence-corrected chi connectivity index (χ4v) is 1.62. The van der Waals surface area contributed by atoms with Gasteiger partial charge in [-0.05, 0) is 44.5 Å². The molecule has 1 aromatic rings. The maximum atomic E-state index is 11.6. The van der Waals surface area contributed by atoms with Crippen LogP contribution in [-0.2, 0) is 4.79 Å². The number of nitrogen functional groups attached to an aromatic ring is 1. The second kappa shape index (κ2) is 5.08. The quantitative estimate of drug-likeness (QED) is 0.697. The molecule has 0 spiro atoms. The molecule has 0 unspecified atom stereocenters. The molecule has 1 amide bonds. The van der Waals surface area contributed by atoms with Gasteiger partial charge >= 0.3 is 0 Å². The zero-order chi connectivity index (χ0) is 13.1. The SMILES string of the molecule is CNC(=O)C(C)(C)CNc1ccc(N)cc1C. The van der Waals surface area contributed by atoms with E-state index in [2.05, 4.69) is 10.6 Å². The first kappa shape index (κ1) is 13.4. The zero-order valence-electron chi connectivity index (χ0n) is 10.9. The molecule has 0 atom stereocenters. The standard InChI is InChI=1S/C13H21N3O/c1-9-7-10(14)5-6-11(9)16-8-13(2,3)12(17)15-4/h5-7,16H,8,14H2,1-4H3,(H,15,17). The second-order valence-corrected chi connectivity index (χ2v) is 4.89. The van der Waals surface area contributed by atoms with Crippen LogP contribution in [0.1, 0.15) is 19.4 Å². The smallest absolute Gasteiger partial charge is 0.227 e. The van der Waals surface area contributed by atoms with E-state index in [0.717, 1.165) is 16.9 Å². The Morgan fingerprint density at radius 2 is 2.06 bits per heavy atom. The lowest BCUT2D eigenvalue weighted by Gasteiger charge is -2.24. The number of hydrogen-bond donors (Lipinski definition) is 3. The number of nitrogens with one attached hydrogen (secondary N) is 2. The van der Waals surface area contributed by atoms with Crippen LogP contribution >= 0.6 is 0 Å². The lowest BCUT2D eigenvalue weighted by Crippen LogP contribution is -2.39. The van der Waals surface area contributed by atoms with Crippen LogP contribution in [-0.4, -0.2) is 19.5 Å². The van der Waals surface area contributed by atoms with E-state index in [4.69, 9.17) is 5.73 Å². The normalized spacial score (nSPS) is 11.1. The van der Waals surface area contributed by atoms with Crippen molar-refractivity contribution in [1.82, 2.24) is 5.32 Å². The molecule has 0 fully saturated rings. The number of rotatable bonds is 4. The summed E-state index contributed by atoms with van der Waals surface area (Å²) in [5.41, 5.74) is 8.09. The highest BCUT2D eigenvalue weighted by Crippen LogP contribution is 2.21. The summed E-state index contributed by atoms with van der Waals surface area (Å²) in [7, 11) is 1.65. The van der Waals surface area contributed by atoms with Gasteiger partial charge < -0.3 is 16.4 Å². The molecule has 0 aliphatic carbocycles. The molecule has 0 bridgehead atoms. The van der Waals surface area contributed by atoms with Gasteiger partial charge in [-0.15, -0.1) is 0 Å². The predicted molar refractivity (Wildman–Crippen MR) is 71.9 cm³/mol. The number of carbonyl (C=O) groups excluding carboxylic acids is 1. The van der Waals surface area contributed by atoms with Crippen LogP contribution < -0.4 is 16.4 Å². The van der Waals surface area contributed by atoms with Crippen molar-refractivity contribution in [3.05, 3.63) is 23.8 Å². The summed E-state index contributed by atoms with van der Waals surface area (Å²) in [5, 5.41) is 5.95. The molecule has 0 saturated heterocycles. The van der Waals surface area contributed by atoms with Crippen molar-refractivity contribution in [2.75, 3.05) is 24.6 Å². The van der Waals surface area contributed by atoms with Crippen molar-refractivity contribution in [3.8, 4) is 0 Å². The average Bonchev–Trinajstić information content (AvgIpc) is 2.26. The Hall–Kier alpha value is -1.71. The molecular weight excluding hydrogens is 214 g/mol. The molecule has 0 aromatic heterocycles. The van der Waals surface area contributed by atoms with Crippen LogP contribution in [0.5, 0.6) is 0 Å². The van der Waals surface area contributed by atoms with E-state index in [-0.39, 0.29) is 5.91 Å². The summed E-state index contributed by atoms with van der Waals surface area (Å²) >= 11 is 0. The number of aryl methyl sites for hydroxylation is 1. The molecule has 0 radical (unpaired) electrons. The number of nitrogens with two attached hydrogens (primary N) is 1. The second-order valence-electron chi connectivity index (χ2n) is 4.89. The summed E-state index contributed by atoms with van der Waals surface area (Å²) in [6.07, 6.45) is 0. The Morgan fingerprint density at radius 1 is 1.41 bits per heavy atom. The van der Waals surface area contributed by atoms with Gasteiger partial charge in [-0.25, -0.2) is 0 Å². The largest absolute Gasteiger partial charge is 0.399 e. The molecule has 1 rings (SSSR count). The Labute approximate surface area is 103 Å². The maximum absolute atomic E-state index is 11.6. The van der Waals surface area contributed by atoms with E-state index in [0.29, 0.717) is 6.54 Å². The third-order valence-electron chi connectivity index (χ3n) is 2.81. The van der Waals surface area contributed by atoms with Crippen LogP contribution in [0.15, 0.2) is 18.2 Å². The number of anilines is 2. The van der Waals surface area contributed by atoms with Gasteiger partial charge in [-0.2, -0.15) is 0 Å². The summed E-state index contributed by atoms with van der Waals surface area (Å²) < 4.78 is 0. The van der Waals surface area contributed by atoms with E-state index >= 15 is 0 Å². The fourth-order valence-electron chi connectivity index (χ4n) is 1.62. The predicted octanol–water partition coefficient (Wildman–Crippen LogP) is 1.76. The molecule has 0 saturated carbocycles. The minimum Gasteiger partial charge on any atom is -0.399 e. The molecule has 4 heteroatoms. The highest BCUT2D eigenvalue weighted by molar-refractivity contribution is 5.82. The lowest BCUT2D eigenvalue weighted by molar-refractivity contribution is -0.128. The summed E-state index contributed by atoms with van der Waals surface area (Å²) in [6, 6.07) is 5.70. The number of carbonyl (C=O) groups is 1. The Morgan fingerprint density at radius 3 is 2.59 bits per heavy atom. The van der Waals surface area contributed by atoms with Crippen molar-refractivity contribution in [2.24, 2.45) is 5.41 Å². The Bertz CT molecular complexity index is 413. The molecule has 0 aliphatic heterocycles. The molecule has 17 heavy (non-hydrogen) atoms. The highest BCUT2D eigenvalue weighted by atomic mass is 16.2. The Kier molecular flexibility index (Phi) is 3.99. The minimum absolute atomic E-state index is 0.0260. The molecule has 4 N–H and O–H groups in total. The topological polar surface area (TPSA) is 67.2 Å². The minimum atomic E-state index is -0.442. The summed E-state index contributed by atoms with van der Waals surface area (Å²) in [6.45, 7) is 6.39. The van der Waals surface area contributed by atoms with Gasteiger partial charge in [-0.1, -0.05) is 0 Å². The van der Waals surface area contributed by atoms with E-state index in [1.54, 1.807) is 7.05 Å². The van der Waals surface area contributed by atoms with Gasteiger partial charge in [0.05, 0.1) is 5.41 Å². The van der Waals surface area contributed by atoms with E-state index in [1.165, 1.54) is 0 Å². The van der Waals surface area contributed by atoms with Crippen LogP contribution in [0.3, 0.4) is 0 Å². The van der Waals surface area contributed by atoms with Crippen LogP contribution in [0.25, 0.3) is 0 Å². The van der Waals surface area contributed by atoms with Crippen molar-refractivity contribution >= 4 is 17.3 Å². The molecule has 4 nitrogen and oxygen atoms in total. The van der Waals surface area contributed by atoms with Crippen molar-refractivity contribution in [1.29, 1.82) is 0 Å². The summed E-state index contributed by atoms with van der Waals surface area (Å²) in [5.74, 6) is 0.0260. The fraction of sp³-hybridized carbons (Fsp3) is 0.462. The highest BCUT2D eigenvalue weighted by Gasteiger charge is 2.26. The van der Waals surface area contributed by atoms with Crippen LogP contribution in [0, 0.1) is 12.3 Å². The average molecular weight is 235 g/mol. The molecule has 0 heterocycles. The summed E-state index contributed by atoms with van der Waals surface area (Å²) in [4.78, 5) is 11.6. The van der Waals surface area contributed by atoms with Gasteiger partial charge in [0.25, 0.3) is 0 Å². The van der Waals surface area contributed by atoms with Gasteiger partial charge in [0.2, 0.25) is 5.91 Å². The Balaban J connectivity index is 2.70. The van der Waals surface area contributed by atoms with Crippen molar-refractivity contribution in [3.63, 3.8) is 0 Å². The first-order chi connectivity index (χ1) is 7.86. The first-order valence-corrected chi connectivity index (χ1v) is 5.69. The third-order valence-corrected chi connectivity index (χ3v) is 2.81. The molecule has 1 aromatic carbocycles.